The van der Waals surface area contributed by atoms with Crippen LogP contribution in [-0.2, 0) is 36.8 Å². The molecule has 0 aliphatic carbocycles. The van der Waals surface area contributed by atoms with Gasteiger partial charge in [-0.05, 0) is 18.9 Å². The van der Waals surface area contributed by atoms with E-state index < -0.39 is 66.3 Å². The molecule has 0 fully saturated rings. The Morgan fingerprint density at radius 2 is 1.59 bits per heavy atom. The highest BCUT2D eigenvalue weighted by Gasteiger charge is 2.32. The van der Waals surface area contributed by atoms with Crippen molar-refractivity contribution in [2.75, 3.05) is 0 Å². The van der Waals surface area contributed by atoms with Crippen LogP contribution >= 0.6 is 0 Å². The number of rotatable bonds is 14. The van der Waals surface area contributed by atoms with Crippen LogP contribution in [0.1, 0.15) is 24.6 Å². The van der Waals surface area contributed by atoms with Gasteiger partial charge >= 0.3 is 5.97 Å². The molecule has 1 aromatic carbocycles. The molecule has 0 aliphatic rings. The predicted octanol–water partition coefficient (Wildman–Crippen LogP) is -2.68. The molecule has 200 valence electrons. The maximum Gasteiger partial charge on any atom is 0.328 e. The van der Waals surface area contributed by atoms with Gasteiger partial charge in [0.1, 0.15) is 12.1 Å². The highest BCUT2D eigenvalue weighted by molar-refractivity contribution is 5.96. The van der Waals surface area contributed by atoms with Gasteiger partial charge in [0.2, 0.25) is 23.6 Å². The third-order valence-electron chi connectivity index (χ3n) is 5.33. The van der Waals surface area contributed by atoms with Crippen LogP contribution in [-0.4, -0.2) is 80.1 Å². The number of amides is 4. The molecule has 14 nitrogen and oxygen atoms in total. The Balaban J connectivity index is 2.17. The van der Waals surface area contributed by atoms with Gasteiger partial charge in [-0.3, -0.25) is 19.2 Å². The number of carboxylic acid groups (broad SMARTS) is 1. The summed E-state index contributed by atoms with van der Waals surface area (Å²) in [6.07, 6.45) is 0.734. The minimum absolute atomic E-state index is 0.144. The van der Waals surface area contributed by atoms with Crippen molar-refractivity contribution in [2.24, 2.45) is 11.5 Å². The number of aromatic amines is 1. The Kier molecular flexibility index (Phi) is 10.7. The minimum atomic E-state index is -1.65. The van der Waals surface area contributed by atoms with Crippen LogP contribution in [0.15, 0.2) is 42.9 Å². The summed E-state index contributed by atoms with van der Waals surface area (Å²) in [7, 11) is 0. The van der Waals surface area contributed by atoms with Gasteiger partial charge in [-0.25, -0.2) is 9.78 Å². The zero-order valence-corrected chi connectivity index (χ0v) is 20.1. The lowest BCUT2D eigenvalue weighted by Gasteiger charge is -2.25. The molecule has 0 saturated heterocycles. The molecule has 14 heteroatoms. The zero-order chi connectivity index (χ0) is 27.5. The molecular formula is C23H31N7O7. The van der Waals surface area contributed by atoms with Gasteiger partial charge in [0.05, 0.1) is 24.9 Å². The van der Waals surface area contributed by atoms with Crippen LogP contribution in [0.5, 0.6) is 0 Å². The number of aliphatic carboxylic acids is 1. The first-order valence-electron chi connectivity index (χ1n) is 11.3. The van der Waals surface area contributed by atoms with Crippen molar-refractivity contribution in [2.45, 2.75) is 56.5 Å². The summed E-state index contributed by atoms with van der Waals surface area (Å²) in [5, 5.41) is 25.9. The molecule has 37 heavy (non-hydrogen) atoms. The Labute approximate surface area is 212 Å². The molecule has 4 amide bonds. The second-order valence-electron chi connectivity index (χ2n) is 8.44. The zero-order valence-electron chi connectivity index (χ0n) is 20.1. The maximum atomic E-state index is 13.0. The van der Waals surface area contributed by atoms with Crippen LogP contribution in [0.2, 0.25) is 0 Å². The van der Waals surface area contributed by atoms with E-state index in [1.807, 2.05) is 0 Å². The molecule has 1 heterocycles. The Hall–Kier alpha value is -4.30. The van der Waals surface area contributed by atoms with Crippen LogP contribution in [0, 0.1) is 0 Å². The van der Waals surface area contributed by atoms with Gasteiger partial charge in [0.15, 0.2) is 6.04 Å². The largest absolute Gasteiger partial charge is 0.480 e. The lowest BCUT2D eigenvalue weighted by Crippen LogP contribution is -2.59. The summed E-state index contributed by atoms with van der Waals surface area (Å²) in [5.74, 6) is -4.96. The van der Waals surface area contributed by atoms with Crippen molar-refractivity contribution < 1.29 is 34.2 Å². The number of benzene rings is 1. The first-order chi connectivity index (χ1) is 17.5. The van der Waals surface area contributed by atoms with Gasteiger partial charge in [-0.2, -0.15) is 0 Å². The third kappa shape index (κ3) is 9.35. The average molecular weight is 518 g/mol. The van der Waals surface area contributed by atoms with Crippen LogP contribution in [0.25, 0.3) is 0 Å². The summed E-state index contributed by atoms with van der Waals surface area (Å²) in [4.78, 5) is 68.2. The first-order valence-corrected chi connectivity index (χ1v) is 11.3. The summed E-state index contributed by atoms with van der Waals surface area (Å²) in [6.45, 7) is 1.18. The van der Waals surface area contributed by atoms with Crippen LogP contribution in [0.3, 0.4) is 0 Å². The van der Waals surface area contributed by atoms with E-state index in [1.54, 1.807) is 30.3 Å². The molecule has 5 unspecified atom stereocenters. The number of aliphatic hydroxyl groups excluding tert-OH is 1. The SMILES string of the molecule is CC(O)C(NC(=O)C(Cc1cnc[nH]1)NC(=O)C(CC(N)=O)NC(=O)C(N)Cc1ccccc1)C(=O)O. The second-order valence-corrected chi connectivity index (χ2v) is 8.44. The fraction of sp³-hybridized carbons (Fsp3) is 0.391. The predicted molar refractivity (Wildman–Crippen MR) is 129 cm³/mol. The quantitative estimate of drug-likeness (QED) is 0.130. The Bertz CT molecular complexity index is 1080. The molecule has 0 saturated carbocycles. The molecule has 0 bridgehead atoms. The molecule has 1 aromatic heterocycles. The van der Waals surface area contributed by atoms with E-state index in [-0.39, 0.29) is 12.8 Å². The number of carbonyl (C=O) groups is 5. The molecule has 0 aliphatic heterocycles. The van der Waals surface area contributed by atoms with E-state index >= 15 is 0 Å². The van der Waals surface area contributed by atoms with E-state index in [9.17, 15) is 34.2 Å². The number of nitrogens with two attached hydrogens (primary N) is 2. The highest BCUT2D eigenvalue weighted by Crippen LogP contribution is 2.05. The van der Waals surface area contributed by atoms with Gasteiger partial charge in [-0.1, -0.05) is 30.3 Å². The number of nitrogens with zero attached hydrogens (tertiary/aromatic N) is 1. The van der Waals surface area contributed by atoms with Crippen molar-refractivity contribution in [1.82, 2.24) is 25.9 Å². The van der Waals surface area contributed by atoms with E-state index in [1.165, 1.54) is 19.4 Å². The third-order valence-corrected chi connectivity index (χ3v) is 5.33. The van der Waals surface area contributed by atoms with E-state index in [2.05, 4.69) is 25.9 Å². The lowest BCUT2D eigenvalue weighted by molar-refractivity contribution is -0.145. The van der Waals surface area contributed by atoms with Crippen molar-refractivity contribution in [3.63, 3.8) is 0 Å². The number of hydrogen-bond acceptors (Lipinski definition) is 8. The maximum absolute atomic E-state index is 13.0. The van der Waals surface area contributed by atoms with Gasteiger partial charge < -0.3 is 42.6 Å². The number of carboxylic acids is 1. The second kappa shape index (κ2) is 13.7. The van der Waals surface area contributed by atoms with Crippen LogP contribution < -0.4 is 27.4 Å². The van der Waals surface area contributed by atoms with Crippen molar-refractivity contribution in [3.8, 4) is 0 Å². The number of carbonyl (C=O) groups excluding carboxylic acids is 4. The van der Waals surface area contributed by atoms with E-state index in [0.717, 1.165) is 5.56 Å². The summed E-state index contributed by atoms with van der Waals surface area (Å²) in [5.41, 5.74) is 12.4. The van der Waals surface area contributed by atoms with Gasteiger partial charge in [0.25, 0.3) is 0 Å². The average Bonchev–Trinajstić information content (AvgIpc) is 3.34. The van der Waals surface area contributed by atoms with Gasteiger partial charge in [0, 0.05) is 18.3 Å². The van der Waals surface area contributed by atoms with Crippen molar-refractivity contribution >= 4 is 29.6 Å². The summed E-state index contributed by atoms with van der Waals surface area (Å²) < 4.78 is 0. The lowest BCUT2D eigenvalue weighted by atomic mass is 10.0. The number of hydrogen-bond donors (Lipinski definition) is 8. The number of nitrogens with one attached hydrogen (secondary N) is 4. The van der Waals surface area contributed by atoms with Crippen molar-refractivity contribution in [3.05, 3.63) is 54.1 Å². The molecule has 10 N–H and O–H groups in total. The fourth-order valence-electron chi connectivity index (χ4n) is 3.39. The molecule has 0 radical (unpaired) electrons. The first kappa shape index (κ1) is 28.9. The highest BCUT2D eigenvalue weighted by atomic mass is 16.4. The molecule has 0 spiro atoms. The molecule has 2 aromatic rings. The summed E-state index contributed by atoms with van der Waals surface area (Å²) in [6, 6.07) is 3.39. The Morgan fingerprint density at radius 1 is 0.973 bits per heavy atom. The molecule has 5 atom stereocenters. The smallest absolute Gasteiger partial charge is 0.328 e. The van der Waals surface area contributed by atoms with Gasteiger partial charge in [-0.15, -0.1) is 0 Å². The molecule has 2 rings (SSSR count). The van der Waals surface area contributed by atoms with E-state index in [4.69, 9.17) is 11.5 Å². The number of aromatic nitrogens is 2. The fourth-order valence-corrected chi connectivity index (χ4v) is 3.39. The normalized spacial score (nSPS) is 14.9. The minimum Gasteiger partial charge on any atom is -0.480 e. The van der Waals surface area contributed by atoms with Crippen molar-refractivity contribution in [1.29, 1.82) is 0 Å². The van der Waals surface area contributed by atoms with E-state index in [0.29, 0.717) is 5.69 Å². The number of aliphatic hydroxyl groups is 1. The van der Waals surface area contributed by atoms with Crippen LogP contribution in [0.4, 0.5) is 0 Å². The number of primary amides is 1. The monoisotopic (exact) mass is 517 g/mol. The summed E-state index contributed by atoms with van der Waals surface area (Å²) >= 11 is 0. The number of H-pyrrole nitrogens is 1. The number of imidazole rings is 1. The standard InChI is InChI=1S/C23H31N7O7/c1-12(31)19(23(36)37)30-22(35)16(8-14-10-26-11-27-14)29-21(34)17(9-18(25)32)28-20(33)15(24)7-13-5-3-2-4-6-13/h2-6,10-12,15-17,19,31H,7-9,24H2,1H3,(H2,25,32)(H,26,27)(H,28,33)(H,29,34)(H,30,35)(H,36,37). The Morgan fingerprint density at radius 3 is 2.14 bits per heavy atom. The molecular weight excluding hydrogens is 486 g/mol. The topological polar surface area (TPSA) is 243 Å².